The van der Waals surface area contributed by atoms with Gasteiger partial charge in [-0.1, -0.05) is 12.1 Å². The molecule has 0 unspecified atom stereocenters. The van der Waals surface area contributed by atoms with Crippen molar-refractivity contribution in [2.45, 2.75) is 12.8 Å². The first-order chi connectivity index (χ1) is 9.28. The fourth-order valence-electron chi connectivity index (χ4n) is 1.82. The molecule has 19 heavy (non-hydrogen) atoms. The molecule has 4 heteroatoms. The molecule has 2 rings (SSSR count). The molecule has 0 saturated heterocycles. The molecule has 0 radical (unpaired) electrons. The van der Waals surface area contributed by atoms with Crippen LogP contribution in [0.5, 0.6) is 0 Å². The smallest absolute Gasteiger partial charge is 0.115 e. The van der Waals surface area contributed by atoms with Gasteiger partial charge in [-0.15, -0.1) is 11.6 Å². The predicted molar refractivity (Wildman–Crippen MR) is 80.1 cm³/mol. The molecular weight excluding hydrogens is 258 g/mol. The third-order valence-electron chi connectivity index (χ3n) is 2.77. The summed E-state index contributed by atoms with van der Waals surface area (Å²) in [5, 5.41) is 0. The van der Waals surface area contributed by atoms with Crippen molar-refractivity contribution < 1.29 is 0 Å². The van der Waals surface area contributed by atoms with Crippen LogP contribution in [0.25, 0.3) is 0 Å². The van der Waals surface area contributed by atoms with Crippen molar-refractivity contribution >= 4 is 23.1 Å². The van der Waals surface area contributed by atoms with Gasteiger partial charge in [-0.25, -0.2) is 4.99 Å². The first-order valence-electron chi connectivity index (χ1n) is 6.15. The molecule has 2 aromatic rings. The van der Waals surface area contributed by atoms with Gasteiger partial charge in [-0.05, 0) is 48.2 Å². The summed E-state index contributed by atoms with van der Waals surface area (Å²) in [7, 11) is 0. The summed E-state index contributed by atoms with van der Waals surface area (Å²) >= 11 is 5.62. The van der Waals surface area contributed by atoms with E-state index in [1.807, 2.05) is 42.7 Å². The lowest BCUT2D eigenvalue weighted by atomic mass is 10.1. The van der Waals surface area contributed by atoms with Gasteiger partial charge in [0.15, 0.2) is 0 Å². The number of hydrogen-bond donors (Lipinski definition) is 1. The van der Waals surface area contributed by atoms with E-state index in [4.69, 9.17) is 17.3 Å². The molecule has 98 valence electrons. The first-order valence-corrected chi connectivity index (χ1v) is 6.68. The maximum absolute atomic E-state index is 5.63. The Labute approximate surface area is 118 Å². The summed E-state index contributed by atoms with van der Waals surface area (Å²) in [6, 6.07) is 12.1. The van der Waals surface area contributed by atoms with E-state index < -0.39 is 0 Å². The average Bonchev–Trinajstić information content (AvgIpc) is 2.46. The van der Waals surface area contributed by atoms with Gasteiger partial charge in [0.25, 0.3) is 0 Å². The fourth-order valence-corrected chi connectivity index (χ4v) is 1.88. The largest absolute Gasteiger partial charge is 0.386 e. The number of alkyl halides is 1. The summed E-state index contributed by atoms with van der Waals surface area (Å²) in [6.07, 6.45) is 5.59. The second-order valence-corrected chi connectivity index (χ2v) is 4.53. The van der Waals surface area contributed by atoms with E-state index in [1.165, 1.54) is 11.1 Å². The minimum atomic E-state index is 0.251. The Hall–Kier alpha value is -1.87. The maximum atomic E-state index is 5.63. The highest BCUT2D eigenvalue weighted by Gasteiger charge is 1.98. The summed E-state index contributed by atoms with van der Waals surface area (Å²) in [6.45, 7) is 0. The Morgan fingerprint density at radius 2 is 1.84 bits per heavy atom. The fraction of sp³-hybridized carbons (Fsp3) is 0.200. The van der Waals surface area contributed by atoms with Gasteiger partial charge in [0.1, 0.15) is 5.84 Å². The number of hydrogen-bond acceptors (Lipinski definition) is 2. The Bertz CT molecular complexity index is 552. The van der Waals surface area contributed by atoms with Crippen molar-refractivity contribution in [1.29, 1.82) is 0 Å². The van der Waals surface area contributed by atoms with E-state index in [2.05, 4.69) is 16.0 Å². The van der Waals surface area contributed by atoms with Crippen molar-refractivity contribution in [3.05, 3.63) is 59.9 Å². The molecular formula is C15H16ClN3. The predicted octanol–water partition coefficient (Wildman–Crippen LogP) is 3.09. The monoisotopic (exact) mass is 273 g/mol. The molecule has 0 aliphatic rings. The molecule has 0 bridgehead atoms. The molecule has 0 amide bonds. The summed E-state index contributed by atoms with van der Waals surface area (Å²) in [4.78, 5) is 8.26. The van der Waals surface area contributed by atoms with E-state index in [0.29, 0.717) is 5.84 Å². The van der Waals surface area contributed by atoms with Crippen LogP contribution >= 0.6 is 11.6 Å². The van der Waals surface area contributed by atoms with Gasteiger partial charge in [-0.2, -0.15) is 0 Å². The van der Waals surface area contributed by atoms with Crippen molar-refractivity contribution in [2.75, 3.05) is 5.88 Å². The zero-order valence-electron chi connectivity index (χ0n) is 10.6. The summed E-state index contributed by atoms with van der Waals surface area (Å²) in [5.74, 6) is 0.689. The second-order valence-electron chi connectivity index (χ2n) is 4.26. The van der Waals surface area contributed by atoms with Crippen LogP contribution in [0.4, 0.5) is 5.69 Å². The number of amidine groups is 1. The highest BCUT2D eigenvalue weighted by atomic mass is 35.5. The topological polar surface area (TPSA) is 51.3 Å². The van der Waals surface area contributed by atoms with Crippen LogP contribution in [0.15, 0.2) is 53.8 Å². The van der Waals surface area contributed by atoms with Crippen LogP contribution in [0.2, 0.25) is 0 Å². The third-order valence-corrected chi connectivity index (χ3v) is 3.05. The Balaban J connectivity index is 2.03. The van der Waals surface area contributed by atoms with Crippen LogP contribution in [0.1, 0.15) is 11.1 Å². The normalized spacial score (nSPS) is 11.5. The lowest BCUT2D eigenvalue weighted by Gasteiger charge is -2.03. The van der Waals surface area contributed by atoms with Crippen LogP contribution in [0.3, 0.4) is 0 Å². The zero-order chi connectivity index (χ0) is 13.5. The van der Waals surface area contributed by atoms with Gasteiger partial charge >= 0.3 is 0 Å². The molecule has 0 spiro atoms. The standard InChI is InChI=1S/C15H16ClN3/c16-11-15(17)19-14-3-1-2-13(10-14)5-4-12-6-8-18-9-7-12/h1-3,6-10H,4-5,11H2,(H2,17,19). The SMILES string of the molecule is NC(CCl)=Nc1cccc(CCc2ccncc2)c1. The molecule has 1 heterocycles. The highest BCUT2D eigenvalue weighted by Crippen LogP contribution is 2.16. The Morgan fingerprint density at radius 3 is 2.58 bits per heavy atom. The second kappa shape index (κ2) is 6.90. The molecule has 0 fully saturated rings. The van der Waals surface area contributed by atoms with Crippen LogP contribution in [-0.4, -0.2) is 16.7 Å². The number of benzene rings is 1. The van der Waals surface area contributed by atoms with Crippen LogP contribution in [-0.2, 0) is 12.8 Å². The highest BCUT2D eigenvalue weighted by molar-refractivity contribution is 6.28. The molecule has 1 aromatic heterocycles. The van der Waals surface area contributed by atoms with Crippen molar-refractivity contribution in [3.8, 4) is 0 Å². The molecule has 2 N–H and O–H groups in total. The molecule has 3 nitrogen and oxygen atoms in total. The van der Waals surface area contributed by atoms with Gasteiger partial charge in [0.2, 0.25) is 0 Å². The van der Waals surface area contributed by atoms with E-state index in [1.54, 1.807) is 0 Å². The van der Waals surface area contributed by atoms with Gasteiger partial charge in [0, 0.05) is 12.4 Å². The number of nitrogens with two attached hydrogens (primary N) is 1. The number of aryl methyl sites for hydroxylation is 2. The first kappa shape index (κ1) is 13.6. The van der Waals surface area contributed by atoms with Crippen molar-refractivity contribution in [1.82, 2.24) is 4.98 Å². The number of pyridine rings is 1. The molecule has 1 aromatic carbocycles. The van der Waals surface area contributed by atoms with E-state index >= 15 is 0 Å². The number of nitrogens with zero attached hydrogens (tertiary/aromatic N) is 2. The number of aromatic nitrogens is 1. The van der Waals surface area contributed by atoms with Crippen molar-refractivity contribution in [3.63, 3.8) is 0 Å². The van der Waals surface area contributed by atoms with E-state index in [-0.39, 0.29) is 5.88 Å². The molecule has 0 aliphatic carbocycles. The summed E-state index contributed by atoms with van der Waals surface area (Å²) in [5.41, 5.74) is 9.00. The number of rotatable bonds is 5. The molecule has 0 atom stereocenters. The van der Waals surface area contributed by atoms with Gasteiger partial charge in [-0.3, -0.25) is 4.98 Å². The van der Waals surface area contributed by atoms with Gasteiger partial charge < -0.3 is 5.73 Å². The van der Waals surface area contributed by atoms with Crippen molar-refractivity contribution in [2.24, 2.45) is 10.7 Å². The number of aliphatic imine (C=N–C) groups is 1. The van der Waals surface area contributed by atoms with E-state index in [9.17, 15) is 0 Å². The lowest BCUT2D eigenvalue weighted by Crippen LogP contribution is -2.12. The quantitative estimate of drug-likeness (QED) is 0.517. The zero-order valence-corrected chi connectivity index (χ0v) is 11.3. The Kier molecular flexibility index (Phi) is 4.93. The van der Waals surface area contributed by atoms with Gasteiger partial charge in [0.05, 0.1) is 11.6 Å². The number of halogens is 1. The summed E-state index contributed by atoms with van der Waals surface area (Å²) < 4.78 is 0. The Morgan fingerprint density at radius 1 is 1.11 bits per heavy atom. The average molecular weight is 274 g/mol. The van der Waals surface area contributed by atoms with E-state index in [0.717, 1.165) is 18.5 Å². The third kappa shape index (κ3) is 4.38. The minimum absolute atomic E-state index is 0.251. The lowest BCUT2D eigenvalue weighted by molar-refractivity contribution is 0.955. The van der Waals surface area contributed by atoms with Crippen LogP contribution in [0, 0.1) is 0 Å². The van der Waals surface area contributed by atoms with Crippen LogP contribution < -0.4 is 5.73 Å². The minimum Gasteiger partial charge on any atom is -0.386 e. The molecule has 0 saturated carbocycles. The maximum Gasteiger partial charge on any atom is 0.115 e. The molecule has 0 aliphatic heterocycles.